The highest BCUT2D eigenvalue weighted by Gasteiger charge is 2.43. The summed E-state index contributed by atoms with van der Waals surface area (Å²) < 4.78 is 5.34. The van der Waals surface area contributed by atoms with Crippen LogP contribution < -0.4 is 16.4 Å². The van der Waals surface area contributed by atoms with E-state index in [9.17, 15) is 24.3 Å². The van der Waals surface area contributed by atoms with Gasteiger partial charge in [0.2, 0.25) is 11.8 Å². The molecule has 2 aromatic rings. The molecule has 10 nitrogen and oxygen atoms in total. The predicted molar refractivity (Wildman–Crippen MR) is 158 cm³/mol. The van der Waals surface area contributed by atoms with E-state index in [-0.39, 0.29) is 5.75 Å². The number of anilines is 1. The van der Waals surface area contributed by atoms with Gasteiger partial charge in [-0.2, -0.15) is 0 Å². The number of phenols is 1. The van der Waals surface area contributed by atoms with Gasteiger partial charge < -0.3 is 31.1 Å². The number of ether oxygens (including phenoxy) is 1. The molecule has 224 valence electrons. The zero-order valence-electron chi connectivity index (χ0n) is 25.5. The number of hydrogen-bond donors (Lipinski definition) is 4. The minimum Gasteiger partial charge on any atom is -0.508 e. The van der Waals surface area contributed by atoms with Crippen molar-refractivity contribution in [1.82, 2.24) is 10.2 Å². The Hall–Kier alpha value is -4.08. The van der Waals surface area contributed by atoms with Gasteiger partial charge in [-0.3, -0.25) is 14.4 Å². The van der Waals surface area contributed by atoms with Gasteiger partial charge in [0.1, 0.15) is 23.4 Å². The van der Waals surface area contributed by atoms with Crippen LogP contribution in [0.3, 0.4) is 0 Å². The van der Waals surface area contributed by atoms with Crippen LogP contribution in [-0.2, 0) is 19.1 Å². The number of nitrogens with one attached hydrogen (secondary N) is 2. The van der Waals surface area contributed by atoms with E-state index in [2.05, 4.69) is 10.6 Å². The van der Waals surface area contributed by atoms with Gasteiger partial charge in [-0.25, -0.2) is 4.79 Å². The largest absolute Gasteiger partial charge is 0.508 e. The SMILES string of the molecule is CCC(C)(C)N(C(=O)C(CC(N)=O)NC(=O)OC(C)(C)C)C(C(=O)Nc1c(C)cccc1C)c1ccc(O)c(C)c1. The van der Waals surface area contributed by atoms with E-state index in [0.29, 0.717) is 23.2 Å². The number of aromatic hydroxyl groups is 1. The molecule has 2 aromatic carbocycles. The van der Waals surface area contributed by atoms with Gasteiger partial charge in [0.25, 0.3) is 5.91 Å². The predicted octanol–water partition coefficient (Wildman–Crippen LogP) is 4.78. The van der Waals surface area contributed by atoms with Crippen LogP contribution in [0.5, 0.6) is 5.75 Å². The zero-order chi connectivity index (χ0) is 31.3. The number of para-hydroxylation sites is 1. The van der Waals surface area contributed by atoms with E-state index in [1.165, 1.54) is 11.0 Å². The fourth-order valence-corrected chi connectivity index (χ4v) is 4.43. The lowest BCUT2D eigenvalue weighted by Gasteiger charge is -2.44. The van der Waals surface area contributed by atoms with Gasteiger partial charge in [-0.15, -0.1) is 0 Å². The highest BCUT2D eigenvalue weighted by molar-refractivity contribution is 6.00. The van der Waals surface area contributed by atoms with Crippen LogP contribution in [-0.4, -0.2) is 51.0 Å². The molecule has 0 aliphatic rings. The van der Waals surface area contributed by atoms with Crippen molar-refractivity contribution in [2.75, 3.05) is 5.32 Å². The second-order valence-corrected chi connectivity index (χ2v) is 11.9. The smallest absolute Gasteiger partial charge is 0.408 e. The van der Waals surface area contributed by atoms with E-state index in [1.807, 2.05) is 39.0 Å². The number of hydrogen-bond acceptors (Lipinski definition) is 6. The lowest BCUT2D eigenvalue weighted by Crippen LogP contribution is -2.59. The Bertz CT molecular complexity index is 1280. The third-order valence-corrected chi connectivity index (χ3v) is 6.92. The zero-order valence-corrected chi connectivity index (χ0v) is 25.5. The molecule has 0 saturated heterocycles. The fourth-order valence-electron chi connectivity index (χ4n) is 4.43. The maximum Gasteiger partial charge on any atom is 0.408 e. The topological polar surface area (TPSA) is 151 Å². The number of phenolic OH excluding ortho intramolecular Hbond substituents is 1. The molecule has 10 heteroatoms. The molecule has 2 rings (SSSR count). The number of amides is 4. The summed E-state index contributed by atoms with van der Waals surface area (Å²) in [5.41, 5.74) is 6.93. The summed E-state index contributed by atoms with van der Waals surface area (Å²) in [6.07, 6.45) is -0.976. The Morgan fingerprint density at radius 1 is 0.976 bits per heavy atom. The standard InChI is InChI=1S/C31H44N4O6/c1-10-31(8,9)35(28(39)22(17-24(32)37)33-29(40)41-30(5,6)7)26(21-14-15-23(36)20(4)16-21)27(38)34-25-18(2)12-11-13-19(25)3/h11-16,22,26,36H,10,17H2,1-9H3,(H2,32,37)(H,33,40)(H,34,38). The normalized spacial score (nSPS) is 13.1. The van der Waals surface area contributed by atoms with E-state index in [4.69, 9.17) is 10.5 Å². The van der Waals surface area contributed by atoms with Crippen LogP contribution in [0, 0.1) is 20.8 Å². The highest BCUT2D eigenvalue weighted by Crippen LogP contribution is 2.35. The Morgan fingerprint density at radius 3 is 2.05 bits per heavy atom. The first-order valence-corrected chi connectivity index (χ1v) is 13.7. The molecule has 5 N–H and O–H groups in total. The van der Waals surface area contributed by atoms with Gasteiger partial charge in [-0.05, 0) is 96.2 Å². The van der Waals surface area contributed by atoms with Crippen molar-refractivity contribution in [3.63, 3.8) is 0 Å². The summed E-state index contributed by atoms with van der Waals surface area (Å²) in [5, 5.41) is 15.7. The molecule has 0 aliphatic carbocycles. The number of primary amides is 1. The molecule has 0 aliphatic heterocycles. The van der Waals surface area contributed by atoms with Crippen molar-refractivity contribution in [2.45, 2.75) is 98.4 Å². The Labute approximate surface area is 242 Å². The highest BCUT2D eigenvalue weighted by atomic mass is 16.6. The number of carbonyl (C=O) groups is 4. The summed E-state index contributed by atoms with van der Waals surface area (Å²) in [6, 6.07) is 7.70. The Morgan fingerprint density at radius 2 is 1.56 bits per heavy atom. The first kappa shape index (κ1) is 33.1. The summed E-state index contributed by atoms with van der Waals surface area (Å²) in [7, 11) is 0. The quantitative estimate of drug-likeness (QED) is 0.324. The summed E-state index contributed by atoms with van der Waals surface area (Å²) >= 11 is 0. The lowest BCUT2D eigenvalue weighted by atomic mass is 9.91. The second kappa shape index (κ2) is 13.1. The summed E-state index contributed by atoms with van der Waals surface area (Å²) in [6.45, 7) is 15.9. The van der Waals surface area contributed by atoms with Crippen LogP contribution in [0.4, 0.5) is 10.5 Å². The molecular weight excluding hydrogens is 524 g/mol. The first-order valence-electron chi connectivity index (χ1n) is 13.7. The van der Waals surface area contributed by atoms with Crippen molar-refractivity contribution in [1.29, 1.82) is 0 Å². The molecule has 0 bridgehead atoms. The molecule has 0 radical (unpaired) electrons. The number of aryl methyl sites for hydroxylation is 3. The van der Waals surface area contributed by atoms with Crippen LogP contribution >= 0.6 is 0 Å². The van der Waals surface area contributed by atoms with Crippen molar-refractivity contribution < 1.29 is 29.0 Å². The third-order valence-electron chi connectivity index (χ3n) is 6.92. The third kappa shape index (κ3) is 8.70. The second-order valence-electron chi connectivity index (χ2n) is 11.9. The molecule has 41 heavy (non-hydrogen) atoms. The summed E-state index contributed by atoms with van der Waals surface area (Å²) in [4.78, 5) is 54.7. The molecule has 0 saturated carbocycles. The van der Waals surface area contributed by atoms with Crippen molar-refractivity contribution >= 4 is 29.5 Å². The average Bonchev–Trinajstić information content (AvgIpc) is 2.84. The van der Waals surface area contributed by atoms with Crippen LogP contribution in [0.1, 0.15) is 82.7 Å². The molecule has 2 unspecified atom stereocenters. The minimum atomic E-state index is -1.40. The van der Waals surface area contributed by atoms with E-state index in [1.54, 1.807) is 53.7 Å². The first-order chi connectivity index (χ1) is 18.9. The van der Waals surface area contributed by atoms with Gasteiger partial charge >= 0.3 is 6.09 Å². The number of rotatable bonds is 10. The number of alkyl carbamates (subject to hydrolysis) is 1. The molecule has 0 aromatic heterocycles. The van der Waals surface area contributed by atoms with Crippen molar-refractivity contribution in [3.05, 3.63) is 58.7 Å². The molecule has 0 heterocycles. The van der Waals surface area contributed by atoms with Crippen molar-refractivity contribution in [3.8, 4) is 5.75 Å². The van der Waals surface area contributed by atoms with E-state index in [0.717, 1.165) is 11.1 Å². The van der Waals surface area contributed by atoms with Gasteiger partial charge in [0.15, 0.2) is 0 Å². The fraction of sp³-hybridized carbons (Fsp3) is 0.484. The maximum atomic E-state index is 14.4. The van der Waals surface area contributed by atoms with Crippen molar-refractivity contribution in [2.24, 2.45) is 5.73 Å². The number of benzene rings is 2. The minimum absolute atomic E-state index is 0.0356. The molecule has 4 amide bonds. The lowest BCUT2D eigenvalue weighted by molar-refractivity contribution is -0.148. The van der Waals surface area contributed by atoms with Crippen LogP contribution in [0.2, 0.25) is 0 Å². The molecular formula is C31H44N4O6. The monoisotopic (exact) mass is 568 g/mol. The average molecular weight is 569 g/mol. The number of nitrogens with zero attached hydrogens (tertiary/aromatic N) is 1. The van der Waals surface area contributed by atoms with Gasteiger partial charge in [0.05, 0.1) is 6.42 Å². The summed E-state index contributed by atoms with van der Waals surface area (Å²) in [5.74, 6) is -1.97. The van der Waals surface area contributed by atoms with Crippen LogP contribution in [0.25, 0.3) is 0 Å². The molecule has 0 spiro atoms. The van der Waals surface area contributed by atoms with E-state index >= 15 is 0 Å². The van der Waals surface area contributed by atoms with E-state index < -0.39 is 53.5 Å². The Kier molecular flexibility index (Phi) is 10.5. The number of carbonyl (C=O) groups excluding carboxylic acids is 4. The molecule has 2 atom stereocenters. The van der Waals surface area contributed by atoms with Gasteiger partial charge in [-0.1, -0.05) is 31.2 Å². The van der Waals surface area contributed by atoms with Gasteiger partial charge in [0, 0.05) is 11.2 Å². The maximum absolute atomic E-state index is 14.4. The Balaban J connectivity index is 2.73. The van der Waals surface area contributed by atoms with Crippen LogP contribution in [0.15, 0.2) is 36.4 Å². The number of nitrogens with two attached hydrogens (primary N) is 1. The molecule has 0 fully saturated rings.